The Hall–Kier alpha value is -2.04. The average Bonchev–Trinajstić information content (AvgIpc) is 2.73. The first-order valence-electron chi connectivity index (χ1n) is 7.38. The van der Waals surface area contributed by atoms with Crippen LogP contribution in [0.2, 0.25) is 0 Å². The molecule has 114 valence electrons. The molecule has 1 aromatic heterocycles. The molecule has 0 bridgehead atoms. The molecule has 0 spiro atoms. The van der Waals surface area contributed by atoms with Crippen molar-refractivity contribution >= 4 is 17.1 Å². The fraction of sp³-hybridized carbons (Fsp3) is 0.500. The third-order valence-electron chi connectivity index (χ3n) is 3.37. The summed E-state index contributed by atoms with van der Waals surface area (Å²) in [7, 11) is 2.04. The Balaban J connectivity index is 2.14. The molecule has 0 atom stereocenters. The summed E-state index contributed by atoms with van der Waals surface area (Å²) in [5.74, 6) is 1.47. The molecule has 0 fully saturated rings. The standard InChI is InChI=1S/C16H24N4O/c1-10(2)15-19-13-8-12(6-7-14(13)20(15)5)9-17-16(21)18-11(3)4/h6-8,10-11H,9H2,1-5H3,(H2,17,18,21). The lowest BCUT2D eigenvalue weighted by molar-refractivity contribution is 0.238. The Kier molecular flexibility index (Phi) is 4.50. The molecule has 5 nitrogen and oxygen atoms in total. The number of aromatic nitrogens is 2. The molecule has 1 aromatic carbocycles. The van der Waals surface area contributed by atoms with E-state index >= 15 is 0 Å². The normalized spacial score (nSPS) is 11.4. The Morgan fingerprint density at radius 3 is 2.62 bits per heavy atom. The van der Waals surface area contributed by atoms with Crippen molar-refractivity contribution in [3.8, 4) is 0 Å². The van der Waals surface area contributed by atoms with Gasteiger partial charge in [0.05, 0.1) is 11.0 Å². The van der Waals surface area contributed by atoms with Crippen molar-refractivity contribution in [3.05, 3.63) is 29.6 Å². The number of nitrogens with one attached hydrogen (secondary N) is 2. The van der Waals surface area contributed by atoms with Gasteiger partial charge in [0.25, 0.3) is 0 Å². The van der Waals surface area contributed by atoms with E-state index in [2.05, 4.69) is 40.1 Å². The molecular weight excluding hydrogens is 264 g/mol. The summed E-state index contributed by atoms with van der Waals surface area (Å²) in [6.07, 6.45) is 0. The second-order valence-electron chi connectivity index (χ2n) is 5.99. The smallest absolute Gasteiger partial charge is 0.315 e. The van der Waals surface area contributed by atoms with Gasteiger partial charge in [0.2, 0.25) is 0 Å². The van der Waals surface area contributed by atoms with Crippen LogP contribution in [-0.2, 0) is 13.6 Å². The Bertz CT molecular complexity index is 643. The number of imidazole rings is 1. The highest BCUT2D eigenvalue weighted by molar-refractivity contribution is 5.77. The molecule has 2 N–H and O–H groups in total. The van der Waals surface area contributed by atoms with E-state index in [1.165, 1.54) is 0 Å². The summed E-state index contributed by atoms with van der Waals surface area (Å²) in [6.45, 7) is 8.65. The SMILES string of the molecule is CC(C)NC(=O)NCc1ccc2c(c1)nc(C(C)C)n2C. The highest BCUT2D eigenvalue weighted by atomic mass is 16.2. The molecule has 2 rings (SSSR count). The van der Waals surface area contributed by atoms with Gasteiger partial charge in [-0.1, -0.05) is 19.9 Å². The molecule has 0 radical (unpaired) electrons. The van der Waals surface area contributed by atoms with Gasteiger partial charge >= 0.3 is 6.03 Å². The minimum atomic E-state index is -0.144. The second kappa shape index (κ2) is 6.16. The predicted octanol–water partition coefficient (Wildman–Crippen LogP) is 2.90. The van der Waals surface area contributed by atoms with Crippen LogP contribution in [0.5, 0.6) is 0 Å². The Morgan fingerprint density at radius 2 is 2.00 bits per heavy atom. The molecule has 0 aliphatic heterocycles. The minimum Gasteiger partial charge on any atom is -0.336 e. The van der Waals surface area contributed by atoms with Gasteiger partial charge in [0, 0.05) is 25.6 Å². The fourth-order valence-corrected chi connectivity index (χ4v) is 2.39. The highest BCUT2D eigenvalue weighted by Crippen LogP contribution is 2.21. The molecular formula is C16H24N4O. The van der Waals surface area contributed by atoms with Crippen LogP contribution in [-0.4, -0.2) is 21.6 Å². The number of benzene rings is 1. The summed E-state index contributed by atoms with van der Waals surface area (Å²) in [4.78, 5) is 16.3. The zero-order chi connectivity index (χ0) is 15.6. The zero-order valence-corrected chi connectivity index (χ0v) is 13.4. The van der Waals surface area contributed by atoms with Crippen LogP contribution in [0.4, 0.5) is 4.79 Å². The molecule has 0 saturated heterocycles. The molecule has 5 heteroatoms. The van der Waals surface area contributed by atoms with E-state index in [0.29, 0.717) is 12.5 Å². The van der Waals surface area contributed by atoms with Gasteiger partial charge in [0.1, 0.15) is 5.82 Å². The van der Waals surface area contributed by atoms with Crippen LogP contribution in [0.25, 0.3) is 11.0 Å². The predicted molar refractivity (Wildman–Crippen MR) is 85.3 cm³/mol. The number of rotatable bonds is 4. The van der Waals surface area contributed by atoms with E-state index in [0.717, 1.165) is 22.4 Å². The molecule has 0 aliphatic rings. The molecule has 0 saturated carbocycles. The van der Waals surface area contributed by atoms with Crippen molar-refractivity contribution in [2.75, 3.05) is 0 Å². The Morgan fingerprint density at radius 1 is 1.29 bits per heavy atom. The number of amides is 2. The lowest BCUT2D eigenvalue weighted by Crippen LogP contribution is -2.39. The van der Waals surface area contributed by atoms with Gasteiger partial charge in [-0.05, 0) is 31.5 Å². The maximum Gasteiger partial charge on any atom is 0.315 e. The lowest BCUT2D eigenvalue weighted by Gasteiger charge is -2.10. The van der Waals surface area contributed by atoms with Crippen molar-refractivity contribution in [2.24, 2.45) is 7.05 Å². The number of urea groups is 1. The van der Waals surface area contributed by atoms with Crippen molar-refractivity contribution in [3.63, 3.8) is 0 Å². The number of aryl methyl sites for hydroxylation is 1. The van der Waals surface area contributed by atoms with Crippen LogP contribution < -0.4 is 10.6 Å². The van der Waals surface area contributed by atoms with Crippen LogP contribution in [0.3, 0.4) is 0 Å². The van der Waals surface area contributed by atoms with E-state index in [4.69, 9.17) is 0 Å². The first-order valence-corrected chi connectivity index (χ1v) is 7.38. The molecule has 0 aliphatic carbocycles. The molecule has 2 aromatic rings. The summed E-state index contributed by atoms with van der Waals surface area (Å²) in [5, 5.41) is 5.66. The molecule has 0 unspecified atom stereocenters. The summed E-state index contributed by atoms with van der Waals surface area (Å²) in [6, 6.07) is 6.12. The number of hydrogen-bond acceptors (Lipinski definition) is 2. The summed E-state index contributed by atoms with van der Waals surface area (Å²) in [5.41, 5.74) is 3.15. The second-order valence-corrected chi connectivity index (χ2v) is 5.99. The van der Waals surface area contributed by atoms with Gasteiger partial charge in [-0.2, -0.15) is 0 Å². The van der Waals surface area contributed by atoms with Crippen LogP contribution in [0.15, 0.2) is 18.2 Å². The first-order chi connectivity index (χ1) is 9.88. The topological polar surface area (TPSA) is 59.0 Å². The quantitative estimate of drug-likeness (QED) is 0.909. The Labute approximate surface area is 125 Å². The number of nitrogens with zero attached hydrogens (tertiary/aromatic N) is 2. The van der Waals surface area contributed by atoms with Gasteiger partial charge < -0.3 is 15.2 Å². The third kappa shape index (κ3) is 3.54. The van der Waals surface area contributed by atoms with E-state index in [-0.39, 0.29) is 12.1 Å². The molecule has 1 heterocycles. The minimum absolute atomic E-state index is 0.136. The fourth-order valence-electron chi connectivity index (χ4n) is 2.39. The lowest BCUT2D eigenvalue weighted by atomic mass is 10.2. The number of fused-ring (bicyclic) bond motifs is 1. The van der Waals surface area contributed by atoms with Crippen molar-refractivity contribution < 1.29 is 4.79 Å². The molecule has 21 heavy (non-hydrogen) atoms. The van der Waals surface area contributed by atoms with Crippen LogP contribution in [0, 0.1) is 0 Å². The highest BCUT2D eigenvalue weighted by Gasteiger charge is 2.11. The maximum absolute atomic E-state index is 11.6. The largest absolute Gasteiger partial charge is 0.336 e. The van der Waals surface area contributed by atoms with Crippen LogP contribution >= 0.6 is 0 Å². The zero-order valence-electron chi connectivity index (χ0n) is 13.4. The van der Waals surface area contributed by atoms with E-state index in [1.54, 1.807) is 0 Å². The van der Waals surface area contributed by atoms with Crippen molar-refractivity contribution in [1.82, 2.24) is 20.2 Å². The van der Waals surface area contributed by atoms with Crippen molar-refractivity contribution in [2.45, 2.75) is 46.2 Å². The monoisotopic (exact) mass is 288 g/mol. The van der Waals surface area contributed by atoms with Crippen LogP contribution in [0.1, 0.15) is 45.0 Å². The van der Waals surface area contributed by atoms with Gasteiger partial charge in [-0.25, -0.2) is 9.78 Å². The van der Waals surface area contributed by atoms with E-state index in [1.807, 2.05) is 33.0 Å². The van der Waals surface area contributed by atoms with E-state index < -0.39 is 0 Å². The van der Waals surface area contributed by atoms with Gasteiger partial charge in [0.15, 0.2) is 0 Å². The first kappa shape index (κ1) is 15.4. The average molecular weight is 288 g/mol. The molecule has 2 amide bonds. The maximum atomic E-state index is 11.6. The van der Waals surface area contributed by atoms with Gasteiger partial charge in [-0.3, -0.25) is 0 Å². The number of carbonyl (C=O) groups excluding carboxylic acids is 1. The third-order valence-corrected chi connectivity index (χ3v) is 3.37. The van der Waals surface area contributed by atoms with Gasteiger partial charge in [-0.15, -0.1) is 0 Å². The summed E-state index contributed by atoms with van der Waals surface area (Å²) >= 11 is 0. The number of hydrogen-bond donors (Lipinski definition) is 2. The van der Waals surface area contributed by atoms with E-state index in [9.17, 15) is 4.79 Å². The van der Waals surface area contributed by atoms with Crippen molar-refractivity contribution in [1.29, 1.82) is 0 Å². The number of carbonyl (C=O) groups is 1. The summed E-state index contributed by atoms with van der Waals surface area (Å²) < 4.78 is 2.13.